The molecule has 5 heteroatoms. The van der Waals surface area contributed by atoms with E-state index < -0.39 is 0 Å². The lowest BCUT2D eigenvalue weighted by Gasteiger charge is -2.39. The van der Waals surface area contributed by atoms with Gasteiger partial charge in [0.25, 0.3) is 5.91 Å². The lowest BCUT2D eigenvalue weighted by atomic mass is 10.1. The van der Waals surface area contributed by atoms with E-state index in [1.807, 2.05) is 17.9 Å². The van der Waals surface area contributed by atoms with Crippen LogP contribution < -0.4 is 0 Å². The third kappa shape index (κ3) is 3.11. The van der Waals surface area contributed by atoms with Crippen LogP contribution in [0.15, 0.2) is 6.07 Å². The molecule has 0 aromatic carbocycles. The van der Waals surface area contributed by atoms with Crippen LogP contribution in [-0.4, -0.2) is 63.7 Å². The minimum atomic E-state index is -0.183. The van der Waals surface area contributed by atoms with Gasteiger partial charge < -0.3 is 14.6 Å². The maximum atomic E-state index is 12.9. The Labute approximate surface area is 145 Å². The first-order chi connectivity index (χ1) is 11.4. The Hall–Kier alpha value is -1.33. The van der Waals surface area contributed by atoms with Crippen LogP contribution in [0.2, 0.25) is 0 Å². The molecule has 5 nitrogen and oxygen atoms in total. The van der Waals surface area contributed by atoms with Crippen LogP contribution in [0.4, 0.5) is 0 Å². The van der Waals surface area contributed by atoms with Gasteiger partial charge in [0.15, 0.2) is 0 Å². The van der Waals surface area contributed by atoms with Crippen molar-refractivity contribution in [1.29, 1.82) is 0 Å². The maximum Gasteiger partial charge on any atom is 0.255 e. The van der Waals surface area contributed by atoms with Gasteiger partial charge in [-0.25, -0.2) is 0 Å². The quantitative estimate of drug-likeness (QED) is 0.924. The van der Waals surface area contributed by atoms with E-state index in [9.17, 15) is 9.90 Å². The van der Waals surface area contributed by atoms with E-state index >= 15 is 0 Å². The van der Waals surface area contributed by atoms with Crippen molar-refractivity contribution >= 4 is 5.91 Å². The molecule has 134 valence electrons. The third-order valence-electron chi connectivity index (χ3n) is 5.75. The van der Waals surface area contributed by atoms with Crippen molar-refractivity contribution in [3.8, 4) is 0 Å². The van der Waals surface area contributed by atoms with E-state index in [0.29, 0.717) is 12.1 Å². The Kier molecular flexibility index (Phi) is 5.02. The van der Waals surface area contributed by atoms with Gasteiger partial charge >= 0.3 is 0 Å². The summed E-state index contributed by atoms with van der Waals surface area (Å²) in [5.74, 6) is 0.154. The van der Waals surface area contributed by atoms with E-state index in [0.717, 1.165) is 62.4 Å². The molecular weight excluding hydrogens is 302 g/mol. The first-order valence-corrected chi connectivity index (χ1v) is 9.30. The molecule has 2 fully saturated rings. The molecule has 1 aromatic rings. The van der Waals surface area contributed by atoms with Gasteiger partial charge in [-0.15, -0.1) is 0 Å². The Balaban J connectivity index is 1.66. The molecule has 0 radical (unpaired) electrons. The monoisotopic (exact) mass is 333 g/mol. The van der Waals surface area contributed by atoms with E-state index in [4.69, 9.17) is 0 Å². The summed E-state index contributed by atoms with van der Waals surface area (Å²) in [4.78, 5) is 17.3. The van der Waals surface area contributed by atoms with Gasteiger partial charge in [0.2, 0.25) is 0 Å². The number of amides is 1. The average molecular weight is 333 g/mol. The lowest BCUT2D eigenvalue weighted by molar-refractivity contribution is 0.0315. The van der Waals surface area contributed by atoms with Crippen molar-refractivity contribution in [1.82, 2.24) is 14.4 Å². The van der Waals surface area contributed by atoms with Crippen LogP contribution in [0.3, 0.4) is 0 Å². The zero-order chi connectivity index (χ0) is 17.4. The number of carbonyl (C=O) groups excluding carboxylic acids is 1. The van der Waals surface area contributed by atoms with Gasteiger partial charge in [0.1, 0.15) is 0 Å². The van der Waals surface area contributed by atoms with Crippen LogP contribution in [0.1, 0.15) is 60.9 Å². The fraction of sp³-hybridized carbons (Fsp3) is 0.737. The highest BCUT2D eigenvalue weighted by molar-refractivity contribution is 5.95. The molecular formula is C19H31N3O2. The number of carbonyl (C=O) groups is 1. The van der Waals surface area contributed by atoms with Crippen LogP contribution in [0.25, 0.3) is 0 Å². The van der Waals surface area contributed by atoms with Gasteiger partial charge in [-0.2, -0.15) is 0 Å². The predicted octanol–water partition coefficient (Wildman–Crippen LogP) is 2.36. The fourth-order valence-corrected chi connectivity index (χ4v) is 4.56. The Morgan fingerprint density at radius 2 is 1.83 bits per heavy atom. The topological polar surface area (TPSA) is 48.7 Å². The molecule has 1 N–H and O–H groups in total. The van der Waals surface area contributed by atoms with Crippen molar-refractivity contribution < 1.29 is 9.90 Å². The molecule has 1 saturated carbocycles. The minimum absolute atomic E-state index is 0.154. The third-order valence-corrected chi connectivity index (χ3v) is 5.75. The van der Waals surface area contributed by atoms with Crippen molar-refractivity contribution in [3.05, 3.63) is 23.0 Å². The molecule has 2 aliphatic rings. The molecule has 3 rings (SSSR count). The van der Waals surface area contributed by atoms with Crippen LogP contribution in [0, 0.1) is 13.8 Å². The van der Waals surface area contributed by atoms with E-state index in [1.165, 1.54) is 0 Å². The molecule has 2 heterocycles. The van der Waals surface area contributed by atoms with Crippen LogP contribution in [0.5, 0.6) is 0 Å². The summed E-state index contributed by atoms with van der Waals surface area (Å²) in [6.07, 6.45) is 2.94. The summed E-state index contributed by atoms with van der Waals surface area (Å²) in [5, 5.41) is 10.1. The lowest BCUT2D eigenvalue weighted by Crippen LogP contribution is -2.53. The molecule has 2 atom stereocenters. The highest BCUT2D eigenvalue weighted by Crippen LogP contribution is 2.26. The van der Waals surface area contributed by atoms with Crippen molar-refractivity contribution in [2.24, 2.45) is 0 Å². The molecule has 1 amide bonds. The van der Waals surface area contributed by atoms with E-state index in [1.54, 1.807) is 0 Å². The minimum Gasteiger partial charge on any atom is -0.391 e. The number of aryl methyl sites for hydroxylation is 1. The van der Waals surface area contributed by atoms with Crippen LogP contribution in [-0.2, 0) is 0 Å². The zero-order valence-electron chi connectivity index (χ0n) is 15.5. The number of nitrogens with zero attached hydrogens (tertiary/aromatic N) is 3. The number of aliphatic hydroxyl groups is 1. The fourth-order valence-electron chi connectivity index (χ4n) is 4.56. The summed E-state index contributed by atoms with van der Waals surface area (Å²) in [5.41, 5.74) is 3.07. The summed E-state index contributed by atoms with van der Waals surface area (Å²) >= 11 is 0. The summed E-state index contributed by atoms with van der Waals surface area (Å²) < 4.78 is 2.23. The number of aliphatic hydroxyl groups excluding tert-OH is 1. The largest absolute Gasteiger partial charge is 0.391 e. The second-order valence-electron chi connectivity index (χ2n) is 7.64. The predicted molar refractivity (Wildman–Crippen MR) is 95.4 cm³/mol. The Bertz CT molecular complexity index is 600. The van der Waals surface area contributed by atoms with Gasteiger partial charge in [0, 0.05) is 49.7 Å². The first kappa shape index (κ1) is 17.5. The normalized spacial score (nSPS) is 25.7. The van der Waals surface area contributed by atoms with Gasteiger partial charge in [0.05, 0.1) is 11.7 Å². The van der Waals surface area contributed by atoms with E-state index in [2.05, 4.69) is 30.2 Å². The number of rotatable bonds is 3. The van der Waals surface area contributed by atoms with E-state index in [-0.39, 0.29) is 12.0 Å². The summed E-state index contributed by atoms with van der Waals surface area (Å²) in [7, 11) is 0. The molecule has 0 spiro atoms. The molecule has 1 aromatic heterocycles. The SMILES string of the molecule is Cc1cc(C(=O)N2CCN([C@H]3CCC[C@H]3O)CC2)c(C)n1C(C)C. The number of hydrogen-bond acceptors (Lipinski definition) is 3. The average Bonchev–Trinajstić information content (AvgIpc) is 3.10. The standard InChI is InChI=1S/C19H31N3O2/c1-13(2)22-14(3)12-16(15(22)4)19(24)21-10-8-20(9-11-21)17-6-5-7-18(17)23/h12-13,17-18,23H,5-11H2,1-4H3/t17-,18+/m0/s1. The molecule has 1 aliphatic heterocycles. The van der Waals surface area contributed by atoms with Gasteiger partial charge in [-0.05, 0) is 53.0 Å². The number of hydrogen-bond donors (Lipinski definition) is 1. The van der Waals surface area contributed by atoms with Crippen molar-refractivity contribution in [2.75, 3.05) is 26.2 Å². The zero-order valence-corrected chi connectivity index (χ0v) is 15.5. The molecule has 1 saturated heterocycles. The van der Waals surface area contributed by atoms with Crippen molar-refractivity contribution in [2.45, 2.75) is 65.1 Å². The van der Waals surface area contributed by atoms with Gasteiger partial charge in [-0.3, -0.25) is 9.69 Å². The second-order valence-corrected chi connectivity index (χ2v) is 7.64. The van der Waals surface area contributed by atoms with Gasteiger partial charge in [-0.1, -0.05) is 0 Å². The smallest absolute Gasteiger partial charge is 0.255 e. The molecule has 1 aliphatic carbocycles. The first-order valence-electron chi connectivity index (χ1n) is 9.30. The summed E-state index contributed by atoms with van der Waals surface area (Å²) in [6, 6.07) is 2.70. The summed E-state index contributed by atoms with van der Waals surface area (Å²) in [6.45, 7) is 11.7. The molecule has 0 bridgehead atoms. The van der Waals surface area contributed by atoms with Crippen LogP contribution >= 0.6 is 0 Å². The second kappa shape index (κ2) is 6.89. The highest BCUT2D eigenvalue weighted by atomic mass is 16.3. The maximum absolute atomic E-state index is 12.9. The Morgan fingerprint density at radius 3 is 2.33 bits per heavy atom. The number of aromatic nitrogens is 1. The van der Waals surface area contributed by atoms with Crippen molar-refractivity contribution in [3.63, 3.8) is 0 Å². The highest BCUT2D eigenvalue weighted by Gasteiger charge is 2.34. The number of piperazine rings is 1. The molecule has 0 unspecified atom stereocenters. The Morgan fingerprint density at radius 1 is 1.17 bits per heavy atom. The molecule has 24 heavy (non-hydrogen) atoms.